The van der Waals surface area contributed by atoms with Crippen LogP contribution in [0.15, 0.2) is 30.3 Å². The lowest BCUT2D eigenvalue weighted by atomic mass is 10.0. The van der Waals surface area contributed by atoms with Crippen molar-refractivity contribution in [2.24, 2.45) is 5.92 Å². The van der Waals surface area contributed by atoms with Gasteiger partial charge in [-0.2, -0.15) is 0 Å². The average molecular weight is 288 g/mol. The Hall–Kier alpha value is -0.860. The summed E-state index contributed by atoms with van der Waals surface area (Å²) in [5.74, 6) is 0.778. The van der Waals surface area contributed by atoms with E-state index in [1.165, 1.54) is 31.4 Å². The number of hydrogen-bond donors (Lipinski definition) is 1. The maximum Gasteiger partial charge on any atom is 0.0475 e. The monoisotopic (exact) mass is 288 g/mol. The highest BCUT2D eigenvalue weighted by Crippen LogP contribution is 2.34. The molecule has 1 unspecified atom stereocenters. The molecule has 0 aliphatic heterocycles. The number of hydrogen-bond acceptors (Lipinski definition) is 2. The largest absolute Gasteiger partial charge is 0.313 e. The molecule has 1 aromatic carbocycles. The van der Waals surface area contributed by atoms with Gasteiger partial charge < -0.3 is 5.32 Å². The van der Waals surface area contributed by atoms with Gasteiger partial charge in [-0.25, -0.2) is 0 Å². The Kier molecular flexibility index (Phi) is 6.25. The van der Waals surface area contributed by atoms with Crippen molar-refractivity contribution in [2.45, 2.75) is 65.1 Å². The summed E-state index contributed by atoms with van der Waals surface area (Å²) in [4.78, 5) is 2.75. The van der Waals surface area contributed by atoms with Gasteiger partial charge in [0.25, 0.3) is 0 Å². The van der Waals surface area contributed by atoms with E-state index in [1.807, 2.05) is 0 Å². The first-order valence-corrected chi connectivity index (χ1v) is 8.62. The summed E-state index contributed by atoms with van der Waals surface area (Å²) in [7, 11) is 0. The van der Waals surface area contributed by atoms with Crippen LogP contribution in [0.5, 0.6) is 0 Å². The van der Waals surface area contributed by atoms with Crippen molar-refractivity contribution >= 4 is 0 Å². The fraction of sp³-hybridized carbons (Fsp3) is 0.684. The van der Waals surface area contributed by atoms with Crippen LogP contribution in [-0.2, 0) is 0 Å². The molecule has 1 aliphatic rings. The zero-order chi connectivity index (χ0) is 15.2. The van der Waals surface area contributed by atoms with Crippen molar-refractivity contribution in [3.63, 3.8) is 0 Å². The Labute approximate surface area is 130 Å². The van der Waals surface area contributed by atoms with E-state index < -0.39 is 0 Å². The van der Waals surface area contributed by atoms with Crippen LogP contribution in [0.25, 0.3) is 0 Å². The third-order valence-corrected chi connectivity index (χ3v) is 4.28. The molecule has 21 heavy (non-hydrogen) atoms. The Bertz CT molecular complexity index is 395. The molecule has 1 N–H and O–H groups in total. The molecule has 2 nitrogen and oxygen atoms in total. The fourth-order valence-electron chi connectivity index (χ4n) is 2.86. The van der Waals surface area contributed by atoms with E-state index in [1.54, 1.807) is 0 Å². The third-order valence-electron chi connectivity index (χ3n) is 4.28. The molecule has 0 radical (unpaired) electrons. The highest BCUT2D eigenvalue weighted by molar-refractivity contribution is 5.20. The Morgan fingerprint density at radius 2 is 1.76 bits per heavy atom. The molecule has 0 amide bonds. The second kappa shape index (κ2) is 7.95. The van der Waals surface area contributed by atoms with Gasteiger partial charge in [-0.05, 0) is 37.3 Å². The third kappa shape index (κ3) is 5.44. The molecule has 0 aromatic heterocycles. The number of nitrogens with zero attached hydrogens (tertiary/aromatic N) is 1. The Balaban J connectivity index is 2.10. The van der Waals surface area contributed by atoms with Crippen LogP contribution < -0.4 is 5.32 Å². The maximum absolute atomic E-state index is 3.65. The standard InChI is InChI=1S/C19H32N2/c1-15(2)12-13-21(18-10-11-18)19(14-20-16(3)4)17-8-6-5-7-9-17/h5-9,15-16,18-20H,10-14H2,1-4H3. The minimum absolute atomic E-state index is 0.514. The van der Waals surface area contributed by atoms with Crippen LogP contribution in [0.4, 0.5) is 0 Å². The molecule has 1 atom stereocenters. The molecule has 0 bridgehead atoms. The van der Waals surface area contributed by atoms with Gasteiger partial charge in [0.2, 0.25) is 0 Å². The predicted octanol–water partition coefficient (Wildman–Crippen LogP) is 4.24. The zero-order valence-electron chi connectivity index (χ0n) is 14.2. The second-order valence-electron chi connectivity index (χ2n) is 7.14. The molecule has 0 heterocycles. The first kappa shape index (κ1) is 16.5. The SMILES string of the molecule is CC(C)CCN(C1CC1)C(CNC(C)C)c1ccccc1. The van der Waals surface area contributed by atoms with E-state index in [0.717, 1.165) is 18.5 Å². The van der Waals surface area contributed by atoms with Crippen molar-refractivity contribution in [2.75, 3.05) is 13.1 Å². The lowest BCUT2D eigenvalue weighted by molar-refractivity contribution is 0.170. The highest BCUT2D eigenvalue weighted by atomic mass is 15.2. The molecule has 0 spiro atoms. The molecule has 1 aromatic rings. The average Bonchev–Trinajstić information content (AvgIpc) is 3.27. The van der Waals surface area contributed by atoms with E-state index in [0.29, 0.717) is 12.1 Å². The van der Waals surface area contributed by atoms with Gasteiger partial charge in [0.1, 0.15) is 0 Å². The summed E-state index contributed by atoms with van der Waals surface area (Å²) in [6.07, 6.45) is 4.05. The first-order chi connectivity index (χ1) is 10.1. The molecule has 1 aliphatic carbocycles. The molecular weight excluding hydrogens is 256 g/mol. The number of rotatable bonds is 9. The molecule has 0 saturated heterocycles. The van der Waals surface area contributed by atoms with E-state index in [4.69, 9.17) is 0 Å². The fourth-order valence-corrected chi connectivity index (χ4v) is 2.86. The minimum atomic E-state index is 0.514. The lowest BCUT2D eigenvalue weighted by Crippen LogP contribution is -2.40. The molecule has 118 valence electrons. The highest BCUT2D eigenvalue weighted by Gasteiger charge is 2.34. The van der Waals surface area contributed by atoms with Crippen LogP contribution in [0.1, 0.15) is 58.6 Å². The van der Waals surface area contributed by atoms with Crippen molar-refractivity contribution in [3.8, 4) is 0 Å². The Morgan fingerprint density at radius 3 is 2.29 bits per heavy atom. The Morgan fingerprint density at radius 1 is 1.10 bits per heavy atom. The van der Waals surface area contributed by atoms with Crippen molar-refractivity contribution in [3.05, 3.63) is 35.9 Å². The lowest BCUT2D eigenvalue weighted by Gasteiger charge is -2.33. The number of nitrogens with one attached hydrogen (secondary N) is 1. The molecule has 2 heteroatoms. The maximum atomic E-state index is 3.65. The van der Waals surface area contributed by atoms with Gasteiger partial charge in [-0.3, -0.25) is 4.90 Å². The van der Waals surface area contributed by atoms with Crippen LogP contribution in [0, 0.1) is 5.92 Å². The van der Waals surface area contributed by atoms with E-state index in [9.17, 15) is 0 Å². The van der Waals surface area contributed by atoms with Crippen LogP contribution in [0.3, 0.4) is 0 Å². The zero-order valence-corrected chi connectivity index (χ0v) is 14.2. The van der Waals surface area contributed by atoms with Gasteiger partial charge in [0.15, 0.2) is 0 Å². The topological polar surface area (TPSA) is 15.3 Å². The van der Waals surface area contributed by atoms with Gasteiger partial charge >= 0.3 is 0 Å². The minimum Gasteiger partial charge on any atom is -0.313 e. The second-order valence-corrected chi connectivity index (χ2v) is 7.14. The smallest absolute Gasteiger partial charge is 0.0475 e. The quantitative estimate of drug-likeness (QED) is 0.731. The predicted molar refractivity (Wildman–Crippen MR) is 91.5 cm³/mol. The van der Waals surface area contributed by atoms with Crippen LogP contribution in [0.2, 0.25) is 0 Å². The summed E-state index contributed by atoms with van der Waals surface area (Å²) in [6, 6.07) is 12.9. The van der Waals surface area contributed by atoms with Gasteiger partial charge in [0.05, 0.1) is 0 Å². The van der Waals surface area contributed by atoms with Gasteiger partial charge in [-0.15, -0.1) is 0 Å². The summed E-state index contributed by atoms with van der Waals surface area (Å²) < 4.78 is 0. The summed E-state index contributed by atoms with van der Waals surface area (Å²) in [6.45, 7) is 11.4. The van der Waals surface area contributed by atoms with Gasteiger partial charge in [0, 0.05) is 24.7 Å². The summed E-state index contributed by atoms with van der Waals surface area (Å²) in [5, 5.41) is 3.65. The van der Waals surface area contributed by atoms with Crippen molar-refractivity contribution in [1.29, 1.82) is 0 Å². The van der Waals surface area contributed by atoms with E-state index in [2.05, 4.69) is 68.2 Å². The molecular formula is C19H32N2. The summed E-state index contributed by atoms with van der Waals surface area (Å²) in [5.41, 5.74) is 1.46. The molecule has 2 rings (SSSR count). The molecule has 1 saturated carbocycles. The molecule has 1 fully saturated rings. The van der Waals surface area contributed by atoms with Gasteiger partial charge in [-0.1, -0.05) is 58.0 Å². The first-order valence-electron chi connectivity index (χ1n) is 8.62. The van der Waals surface area contributed by atoms with E-state index in [-0.39, 0.29) is 0 Å². The van der Waals surface area contributed by atoms with E-state index >= 15 is 0 Å². The van der Waals surface area contributed by atoms with Crippen LogP contribution in [-0.4, -0.2) is 30.1 Å². The van der Waals surface area contributed by atoms with Crippen molar-refractivity contribution in [1.82, 2.24) is 10.2 Å². The normalized spacial score (nSPS) is 16.9. The van der Waals surface area contributed by atoms with Crippen LogP contribution >= 0.6 is 0 Å². The van der Waals surface area contributed by atoms with Crippen molar-refractivity contribution < 1.29 is 0 Å². The summed E-state index contributed by atoms with van der Waals surface area (Å²) >= 11 is 0. The number of benzene rings is 1.